The Balaban J connectivity index is 1.88. The molecule has 2 amide bonds. The number of benzene rings is 2. The molecular weight excluding hydrogens is 330 g/mol. The molecule has 0 saturated heterocycles. The summed E-state index contributed by atoms with van der Waals surface area (Å²) in [6, 6.07) is 15.7. The summed E-state index contributed by atoms with van der Waals surface area (Å²) in [7, 11) is 0. The van der Waals surface area contributed by atoms with E-state index in [1.165, 1.54) is 0 Å². The first-order valence-electron chi connectivity index (χ1n) is 8.43. The van der Waals surface area contributed by atoms with Gasteiger partial charge in [0.15, 0.2) is 0 Å². The number of nitrogens with two attached hydrogens (primary N) is 1. The van der Waals surface area contributed by atoms with Crippen molar-refractivity contribution in [1.82, 2.24) is 0 Å². The quantitative estimate of drug-likeness (QED) is 0.765. The summed E-state index contributed by atoms with van der Waals surface area (Å²) in [6.45, 7) is 5.39. The first-order chi connectivity index (χ1) is 12.2. The van der Waals surface area contributed by atoms with Gasteiger partial charge in [0.05, 0.1) is 6.04 Å². The molecule has 0 heterocycles. The number of ether oxygens (including phenoxy) is 1. The lowest BCUT2D eigenvalue weighted by Crippen LogP contribution is -2.37. The zero-order valence-electron chi connectivity index (χ0n) is 15.3. The van der Waals surface area contributed by atoms with E-state index in [9.17, 15) is 9.59 Å². The minimum atomic E-state index is -0.642. The summed E-state index contributed by atoms with van der Waals surface area (Å²) in [5.74, 6) is -0.262. The lowest BCUT2D eigenvalue weighted by atomic mass is 10.1. The van der Waals surface area contributed by atoms with Crippen LogP contribution in [0.25, 0.3) is 0 Å². The van der Waals surface area contributed by atoms with Crippen molar-refractivity contribution in [3.63, 3.8) is 0 Å². The molecule has 0 aliphatic heterocycles. The number of nitrogens with one attached hydrogen (secondary N) is 2. The lowest BCUT2D eigenvalue weighted by molar-refractivity contribution is -0.117. The fourth-order valence-corrected chi connectivity index (χ4v) is 2.25. The van der Waals surface area contributed by atoms with Gasteiger partial charge in [-0.1, -0.05) is 30.3 Å². The smallest absolute Gasteiger partial charge is 0.412 e. The van der Waals surface area contributed by atoms with Crippen LogP contribution in [0.3, 0.4) is 0 Å². The summed E-state index contributed by atoms with van der Waals surface area (Å²) >= 11 is 0. The Morgan fingerprint density at radius 3 is 2.04 bits per heavy atom. The minimum Gasteiger partial charge on any atom is -0.444 e. The summed E-state index contributed by atoms with van der Waals surface area (Å²) < 4.78 is 5.19. The van der Waals surface area contributed by atoms with Crippen molar-refractivity contribution < 1.29 is 14.3 Å². The van der Waals surface area contributed by atoms with E-state index in [1.807, 2.05) is 30.3 Å². The molecule has 0 aliphatic carbocycles. The Hall–Kier alpha value is -2.86. The highest BCUT2D eigenvalue weighted by atomic mass is 16.6. The van der Waals surface area contributed by atoms with E-state index in [2.05, 4.69) is 10.6 Å². The van der Waals surface area contributed by atoms with Crippen LogP contribution in [0.5, 0.6) is 0 Å². The SMILES string of the molecule is CC(C)(C)OC(=O)Nc1ccc(NC(=O)C(N)Cc2ccccc2)cc1. The van der Waals surface area contributed by atoms with Gasteiger partial charge in [-0.15, -0.1) is 0 Å². The van der Waals surface area contributed by atoms with Crippen molar-refractivity contribution >= 4 is 23.4 Å². The van der Waals surface area contributed by atoms with Gasteiger partial charge in [0.2, 0.25) is 5.91 Å². The van der Waals surface area contributed by atoms with Crippen LogP contribution in [0.4, 0.5) is 16.2 Å². The van der Waals surface area contributed by atoms with Crippen LogP contribution in [0.1, 0.15) is 26.3 Å². The van der Waals surface area contributed by atoms with Gasteiger partial charge in [-0.05, 0) is 57.0 Å². The van der Waals surface area contributed by atoms with Crippen LogP contribution in [0.15, 0.2) is 54.6 Å². The molecule has 2 rings (SSSR count). The second-order valence-corrected chi connectivity index (χ2v) is 6.99. The predicted octanol–water partition coefficient (Wildman–Crippen LogP) is 3.54. The Morgan fingerprint density at radius 1 is 0.962 bits per heavy atom. The Labute approximate surface area is 153 Å². The van der Waals surface area contributed by atoms with Crippen molar-refractivity contribution in [3.8, 4) is 0 Å². The fraction of sp³-hybridized carbons (Fsp3) is 0.300. The molecule has 2 aromatic carbocycles. The number of amides is 2. The zero-order chi connectivity index (χ0) is 19.2. The number of carbonyl (C=O) groups is 2. The van der Waals surface area contributed by atoms with Crippen LogP contribution >= 0.6 is 0 Å². The largest absolute Gasteiger partial charge is 0.444 e. The zero-order valence-corrected chi connectivity index (χ0v) is 15.3. The molecule has 4 N–H and O–H groups in total. The van der Waals surface area contributed by atoms with Crippen LogP contribution in [0, 0.1) is 0 Å². The molecule has 0 saturated carbocycles. The predicted molar refractivity (Wildman–Crippen MR) is 103 cm³/mol. The minimum absolute atomic E-state index is 0.262. The number of rotatable bonds is 5. The molecular formula is C20H25N3O3. The number of anilines is 2. The van der Waals surface area contributed by atoms with Gasteiger partial charge in [0.25, 0.3) is 0 Å². The highest BCUT2D eigenvalue weighted by molar-refractivity contribution is 5.95. The molecule has 0 spiro atoms. The normalized spacial score (nSPS) is 12.2. The molecule has 138 valence electrons. The summed E-state index contributed by atoms with van der Waals surface area (Å²) in [5.41, 5.74) is 7.59. The molecule has 0 aliphatic rings. The molecule has 6 heteroatoms. The Kier molecular flexibility index (Phi) is 6.36. The molecule has 0 fully saturated rings. The second kappa shape index (κ2) is 8.49. The summed E-state index contributed by atoms with van der Waals surface area (Å²) in [4.78, 5) is 23.9. The maximum Gasteiger partial charge on any atom is 0.412 e. The topological polar surface area (TPSA) is 93.5 Å². The van der Waals surface area contributed by atoms with Crippen molar-refractivity contribution in [1.29, 1.82) is 0 Å². The molecule has 0 aromatic heterocycles. The first-order valence-corrected chi connectivity index (χ1v) is 8.43. The van der Waals surface area contributed by atoms with Crippen LogP contribution < -0.4 is 16.4 Å². The van der Waals surface area contributed by atoms with Crippen LogP contribution in [-0.2, 0) is 16.0 Å². The molecule has 26 heavy (non-hydrogen) atoms. The van der Waals surface area contributed by atoms with Gasteiger partial charge in [-0.3, -0.25) is 10.1 Å². The van der Waals surface area contributed by atoms with E-state index >= 15 is 0 Å². The molecule has 0 radical (unpaired) electrons. The van der Waals surface area contributed by atoms with Crippen molar-refractivity contribution in [2.45, 2.75) is 38.8 Å². The van der Waals surface area contributed by atoms with Gasteiger partial charge >= 0.3 is 6.09 Å². The average molecular weight is 355 g/mol. The van der Waals surface area contributed by atoms with Gasteiger partial charge in [0.1, 0.15) is 5.60 Å². The van der Waals surface area contributed by atoms with E-state index in [0.717, 1.165) is 5.56 Å². The molecule has 6 nitrogen and oxygen atoms in total. The number of hydrogen-bond acceptors (Lipinski definition) is 4. The van der Waals surface area contributed by atoms with E-state index < -0.39 is 17.7 Å². The first kappa shape index (κ1) is 19.5. The number of hydrogen-bond donors (Lipinski definition) is 3. The van der Waals surface area contributed by atoms with E-state index in [4.69, 9.17) is 10.5 Å². The van der Waals surface area contributed by atoms with Crippen molar-refractivity contribution in [2.24, 2.45) is 5.73 Å². The van der Waals surface area contributed by atoms with Crippen LogP contribution in [0.2, 0.25) is 0 Å². The number of carbonyl (C=O) groups excluding carboxylic acids is 2. The molecule has 0 bridgehead atoms. The van der Waals surface area contributed by atoms with Gasteiger partial charge in [0, 0.05) is 11.4 Å². The molecule has 2 aromatic rings. The van der Waals surface area contributed by atoms with E-state index in [1.54, 1.807) is 45.0 Å². The van der Waals surface area contributed by atoms with Crippen molar-refractivity contribution in [2.75, 3.05) is 10.6 Å². The monoisotopic (exact) mass is 355 g/mol. The molecule has 1 unspecified atom stereocenters. The standard InChI is InChI=1S/C20H25N3O3/c1-20(2,3)26-19(25)23-16-11-9-15(10-12-16)22-18(24)17(21)13-14-7-5-4-6-8-14/h4-12,17H,13,21H2,1-3H3,(H,22,24)(H,23,25). The van der Waals surface area contributed by atoms with Gasteiger partial charge in [-0.2, -0.15) is 0 Å². The highest BCUT2D eigenvalue weighted by Gasteiger charge is 2.17. The highest BCUT2D eigenvalue weighted by Crippen LogP contribution is 2.16. The summed E-state index contributed by atoms with van der Waals surface area (Å²) in [5, 5.41) is 5.41. The van der Waals surface area contributed by atoms with Crippen molar-refractivity contribution in [3.05, 3.63) is 60.2 Å². The average Bonchev–Trinajstić information content (AvgIpc) is 2.55. The molecule has 1 atom stereocenters. The third-order valence-electron chi connectivity index (χ3n) is 3.43. The van der Waals surface area contributed by atoms with Gasteiger partial charge < -0.3 is 15.8 Å². The second-order valence-electron chi connectivity index (χ2n) is 6.99. The van der Waals surface area contributed by atoms with E-state index in [-0.39, 0.29) is 5.91 Å². The van der Waals surface area contributed by atoms with Crippen LogP contribution in [-0.4, -0.2) is 23.6 Å². The Bertz CT molecular complexity index is 737. The fourth-order valence-electron chi connectivity index (χ4n) is 2.25. The lowest BCUT2D eigenvalue weighted by Gasteiger charge is -2.19. The third kappa shape index (κ3) is 6.57. The maximum absolute atomic E-state index is 12.2. The van der Waals surface area contributed by atoms with Gasteiger partial charge in [-0.25, -0.2) is 4.79 Å². The summed E-state index contributed by atoms with van der Waals surface area (Å²) in [6.07, 6.45) is -0.0653. The maximum atomic E-state index is 12.2. The third-order valence-corrected chi connectivity index (χ3v) is 3.43. The van der Waals surface area contributed by atoms with E-state index in [0.29, 0.717) is 17.8 Å². The Morgan fingerprint density at radius 2 is 1.50 bits per heavy atom.